The van der Waals surface area contributed by atoms with Crippen LogP contribution in [0.4, 0.5) is 4.79 Å². The fourth-order valence-corrected chi connectivity index (χ4v) is 3.96. The van der Waals surface area contributed by atoms with Gasteiger partial charge in [-0.1, -0.05) is 20.3 Å². The van der Waals surface area contributed by atoms with E-state index in [2.05, 4.69) is 33.9 Å². The number of methoxy groups -OCH3 is 1. The molecule has 0 fully saturated rings. The second-order valence-electron chi connectivity index (χ2n) is 4.67. The van der Waals surface area contributed by atoms with E-state index >= 15 is 0 Å². The third-order valence-corrected chi connectivity index (χ3v) is 5.60. The summed E-state index contributed by atoms with van der Waals surface area (Å²) in [6, 6.07) is 1.64. The fourth-order valence-electron chi connectivity index (χ4n) is 1.57. The van der Waals surface area contributed by atoms with Crippen molar-refractivity contribution < 1.29 is 17.9 Å². The van der Waals surface area contributed by atoms with Crippen molar-refractivity contribution in [3.05, 3.63) is 17.0 Å². The van der Waals surface area contributed by atoms with Crippen LogP contribution in [0.3, 0.4) is 0 Å². The van der Waals surface area contributed by atoms with E-state index < -0.39 is 16.1 Å². The first-order valence-electron chi connectivity index (χ1n) is 7.40. The molecule has 0 radical (unpaired) electrons. The van der Waals surface area contributed by atoms with Crippen LogP contribution >= 0.6 is 11.3 Å². The second-order valence-corrected chi connectivity index (χ2v) is 7.67. The van der Waals surface area contributed by atoms with E-state index in [0.717, 1.165) is 0 Å². The fraction of sp³-hybridized carbons (Fsp3) is 0.643. The van der Waals surface area contributed by atoms with E-state index in [9.17, 15) is 13.2 Å². The van der Waals surface area contributed by atoms with Crippen molar-refractivity contribution in [3.63, 3.8) is 0 Å². The summed E-state index contributed by atoms with van der Waals surface area (Å²) in [5, 5.41) is 7.42. The highest BCUT2D eigenvalue weighted by atomic mass is 32.2. The first-order valence-corrected chi connectivity index (χ1v) is 9.76. The third-order valence-electron chi connectivity index (χ3n) is 2.67. The van der Waals surface area contributed by atoms with Gasteiger partial charge in [0.1, 0.15) is 4.21 Å². The van der Waals surface area contributed by atoms with Gasteiger partial charge in [-0.15, -0.1) is 11.3 Å². The van der Waals surface area contributed by atoms with Crippen molar-refractivity contribution in [3.8, 4) is 0 Å². The molecule has 134 valence electrons. The smallest absolute Gasteiger partial charge is 0.406 e. The molecule has 0 saturated heterocycles. The minimum Gasteiger partial charge on any atom is -0.453 e. The van der Waals surface area contributed by atoms with Gasteiger partial charge < -0.3 is 15.4 Å². The molecule has 1 aromatic heterocycles. The molecule has 0 aromatic carbocycles. The number of sulfonamides is 1. The van der Waals surface area contributed by atoms with Gasteiger partial charge in [0.15, 0.2) is 0 Å². The van der Waals surface area contributed by atoms with Gasteiger partial charge in [0, 0.05) is 19.1 Å². The van der Waals surface area contributed by atoms with Crippen LogP contribution in [0.1, 0.15) is 38.8 Å². The summed E-state index contributed by atoms with van der Waals surface area (Å²) < 4.78 is 30.7. The van der Waals surface area contributed by atoms with Crippen LogP contribution in [0.5, 0.6) is 0 Å². The molecule has 0 aliphatic carbocycles. The average molecular weight is 366 g/mol. The highest BCUT2D eigenvalue weighted by molar-refractivity contribution is 7.91. The minimum absolute atomic E-state index is 0.140. The molecule has 0 spiro atoms. The third kappa shape index (κ3) is 7.78. The Bertz CT molecular complexity index is 558. The van der Waals surface area contributed by atoms with Gasteiger partial charge in [-0.3, -0.25) is 0 Å². The minimum atomic E-state index is -3.44. The van der Waals surface area contributed by atoms with E-state index in [1.807, 2.05) is 6.92 Å². The monoisotopic (exact) mass is 365 g/mol. The molecule has 23 heavy (non-hydrogen) atoms. The van der Waals surface area contributed by atoms with Crippen molar-refractivity contribution in [2.45, 2.75) is 37.4 Å². The first kappa shape index (κ1) is 21.8. The van der Waals surface area contributed by atoms with Crippen molar-refractivity contribution in [1.29, 1.82) is 0 Å². The molecule has 9 heteroatoms. The van der Waals surface area contributed by atoms with E-state index in [1.54, 1.807) is 11.4 Å². The van der Waals surface area contributed by atoms with Crippen LogP contribution in [0.2, 0.25) is 0 Å². The van der Waals surface area contributed by atoms with Gasteiger partial charge >= 0.3 is 6.09 Å². The Balaban J connectivity index is 0.00000149. The molecular formula is C14H27N3O4S2. The normalized spacial score (nSPS) is 12.0. The number of hydrogen-bond donors (Lipinski definition) is 3. The Labute approximate surface area is 142 Å². The molecule has 1 unspecified atom stereocenters. The second kappa shape index (κ2) is 11.4. The van der Waals surface area contributed by atoms with Crippen LogP contribution < -0.4 is 15.4 Å². The van der Waals surface area contributed by atoms with Gasteiger partial charge in [-0.05, 0) is 31.0 Å². The highest BCUT2D eigenvalue weighted by Gasteiger charge is 2.21. The van der Waals surface area contributed by atoms with Gasteiger partial charge in [0.2, 0.25) is 10.0 Å². The maximum Gasteiger partial charge on any atom is 0.406 e. The van der Waals surface area contributed by atoms with Crippen LogP contribution in [0.15, 0.2) is 15.7 Å². The van der Waals surface area contributed by atoms with E-state index in [1.165, 1.54) is 31.9 Å². The molecule has 1 atom stereocenters. The summed E-state index contributed by atoms with van der Waals surface area (Å²) in [6.45, 7) is 7.02. The predicted octanol–water partition coefficient (Wildman–Crippen LogP) is 2.08. The summed E-state index contributed by atoms with van der Waals surface area (Å²) in [5.74, 6) is 0. The van der Waals surface area contributed by atoms with Crippen molar-refractivity contribution >= 4 is 27.5 Å². The largest absolute Gasteiger partial charge is 0.453 e. The molecule has 7 nitrogen and oxygen atoms in total. The van der Waals surface area contributed by atoms with Gasteiger partial charge in [0.25, 0.3) is 0 Å². The number of ether oxygens (including phenoxy) is 1. The number of alkyl carbamates (subject to hydrolysis) is 1. The number of rotatable bonds is 7. The lowest BCUT2D eigenvalue weighted by Gasteiger charge is -2.15. The molecular weight excluding hydrogens is 338 g/mol. The lowest BCUT2D eigenvalue weighted by atomic mass is 10.2. The number of thiophene rings is 1. The molecule has 0 bridgehead atoms. The maximum absolute atomic E-state index is 11.8. The number of hydrogen-bond acceptors (Lipinski definition) is 6. The van der Waals surface area contributed by atoms with Gasteiger partial charge in [-0.2, -0.15) is 0 Å². The zero-order valence-corrected chi connectivity index (χ0v) is 15.9. The first-order chi connectivity index (χ1) is 10.8. The zero-order valence-electron chi connectivity index (χ0n) is 14.3. The Morgan fingerprint density at radius 3 is 2.48 bits per heavy atom. The summed E-state index contributed by atoms with van der Waals surface area (Å²) in [4.78, 5) is 10.9. The summed E-state index contributed by atoms with van der Waals surface area (Å²) in [5.41, 5.74) is 0.711. The van der Waals surface area contributed by atoms with Crippen molar-refractivity contribution in [1.82, 2.24) is 15.4 Å². The van der Waals surface area contributed by atoms with Crippen molar-refractivity contribution in [2.75, 3.05) is 27.2 Å². The molecule has 1 aromatic rings. The Morgan fingerprint density at radius 2 is 1.96 bits per heavy atom. The quantitative estimate of drug-likeness (QED) is 0.643. The Morgan fingerprint density at radius 1 is 1.35 bits per heavy atom. The molecule has 0 aliphatic rings. The Kier molecular flexibility index (Phi) is 10.8. The molecule has 1 amide bonds. The van der Waals surface area contributed by atoms with Crippen molar-refractivity contribution in [2.24, 2.45) is 0 Å². The van der Waals surface area contributed by atoms with E-state index in [-0.39, 0.29) is 6.04 Å². The van der Waals surface area contributed by atoms with E-state index in [0.29, 0.717) is 22.9 Å². The van der Waals surface area contributed by atoms with Crippen LogP contribution in [-0.4, -0.2) is 41.8 Å². The highest BCUT2D eigenvalue weighted by Crippen LogP contribution is 2.27. The summed E-state index contributed by atoms with van der Waals surface area (Å²) in [7, 11) is -0.756. The number of amides is 1. The van der Waals surface area contributed by atoms with Crippen LogP contribution in [-0.2, 0) is 14.8 Å². The topological polar surface area (TPSA) is 96.5 Å². The average Bonchev–Trinajstić information content (AvgIpc) is 3.02. The number of carbonyl (C=O) groups is 1. The standard InChI is InChI=1S/C11H19N3O4S2.C3H8/c1-8(13-5-6-14-11(15)18-3)9-4-7-19-10(9)20(16,17)12-2;1-3-2/h4,7-8,12-13H,5-6H2,1-3H3,(H,14,15);3H2,1-2H3. The van der Waals surface area contributed by atoms with Crippen LogP contribution in [0.25, 0.3) is 0 Å². The lowest BCUT2D eigenvalue weighted by Crippen LogP contribution is -2.33. The summed E-state index contributed by atoms with van der Waals surface area (Å²) in [6.07, 6.45) is 0.758. The molecule has 3 N–H and O–H groups in total. The summed E-state index contributed by atoms with van der Waals surface area (Å²) >= 11 is 1.18. The number of nitrogens with one attached hydrogen (secondary N) is 3. The molecule has 0 aliphatic heterocycles. The zero-order chi connectivity index (χ0) is 17.9. The van der Waals surface area contributed by atoms with Gasteiger partial charge in [-0.25, -0.2) is 17.9 Å². The molecule has 0 saturated carbocycles. The lowest BCUT2D eigenvalue weighted by molar-refractivity contribution is 0.171. The Hall–Kier alpha value is -1.16. The SMILES string of the molecule is CCC.CNS(=O)(=O)c1sccc1C(C)NCCNC(=O)OC. The molecule has 1 rings (SSSR count). The number of carbonyl (C=O) groups excluding carboxylic acids is 1. The van der Waals surface area contributed by atoms with Crippen LogP contribution in [0, 0.1) is 0 Å². The van der Waals surface area contributed by atoms with E-state index in [4.69, 9.17) is 0 Å². The maximum atomic E-state index is 11.8. The predicted molar refractivity (Wildman–Crippen MR) is 93.4 cm³/mol. The van der Waals surface area contributed by atoms with Gasteiger partial charge in [0.05, 0.1) is 7.11 Å². The molecule has 1 heterocycles.